The fourth-order valence-corrected chi connectivity index (χ4v) is 16.0. The van der Waals surface area contributed by atoms with Gasteiger partial charge in [0.05, 0.1) is 205 Å². The topological polar surface area (TPSA) is 380 Å². The van der Waals surface area contributed by atoms with Crippen LogP contribution in [0.4, 0.5) is 54.3 Å². The molecule has 12 heterocycles. The Bertz CT molecular complexity index is 8110. The highest BCUT2D eigenvalue weighted by Gasteiger charge is 2.28. The SMILES string of the molecule is COC(=O)c1ccnc(C#CCN(c2cc(OC)cc(OC)c2)c2ccc3ncc(-c4cnn(C)c4)nc3c2)n1.COc1cc(OC)c(F)c(N(CCNC(C)C)c2ccc3ncc(-c4cnn(C)c4)nc3c2)c1F.COc1cc(OC)cc(N(C/C=C\c2ncccn2)c2ccc3ncc(-c4cnn(C)c4)nc3c2)c1.COc1cc(OC)cc(N(Cc2cc3ncccc3[nH]2)c2ccc3ncc(-c4cnn(C)c4)nc3c2)c1. The Morgan fingerprint density at radius 3 is 1.21 bits per heavy atom. The quantitative estimate of drug-likeness (QED) is 0.0301. The van der Waals surface area contributed by atoms with Crippen LogP contribution in [0.1, 0.15) is 41.7 Å². The summed E-state index contributed by atoms with van der Waals surface area (Å²) < 4.78 is 86.0. The largest absolute Gasteiger partial charge is 0.497 e. The van der Waals surface area contributed by atoms with Crippen molar-refractivity contribution in [2.75, 3.05) is 110 Å². The number of aromatic nitrogens is 22. The molecule has 0 bridgehead atoms. The van der Waals surface area contributed by atoms with Crippen molar-refractivity contribution < 1.29 is 56.2 Å². The van der Waals surface area contributed by atoms with Crippen molar-refractivity contribution in [3.63, 3.8) is 0 Å². The number of aryl methyl sites for hydroxylation is 4. The van der Waals surface area contributed by atoms with Gasteiger partial charge in [0.25, 0.3) is 0 Å². The van der Waals surface area contributed by atoms with Gasteiger partial charge in [-0.25, -0.2) is 53.4 Å². The van der Waals surface area contributed by atoms with Gasteiger partial charge < -0.3 is 72.5 Å². The molecule has 0 aliphatic rings. The molecule has 0 aliphatic heterocycles. The molecule has 20 aromatic rings. The molecular formula is C109H103F2N27O10. The van der Waals surface area contributed by atoms with E-state index in [2.05, 4.69) is 109 Å². The van der Waals surface area contributed by atoms with Crippen LogP contribution in [0.25, 0.3) is 106 Å². The first-order valence-corrected chi connectivity index (χ1v) is 46.4. The maximum Gasteiger partial charge on any atom is 0.356 e. The fraction of sp³-hybridized carbons (Fsp3) is 0.193. The van der Waals surface area contributed by atoms with Crippen LogP contribution in [0.3, 0.4) is 0 Å². The Kier molecular flexibility index (Phi) is 31.5. The lowest BCUT2D eigenvalue weighted by molar-refractivity contribution is 0.0593. The summed E-state index contributed by atoms with van der Waals surface area (Å²) in [5.41, 5.74) is 21.0. The standard InChI is InChI=1S/C29H25N7O4.C28H25N7O2.C27H25N7O2.C25H28F2N6O2/c1-35-18-19(16-32-35)27-17-31-24-8-7-20(14-26(24)33-27)36(21-12-22(38-2)15-23(13-21)39-3)11-5-6-28-30-10-9-25(34-28)29(37)40-4;1-34-16-18(14-31-34)28-15-30-24-7-6-20(12-27(24)33-28)35(21-10-22(36-2)13-23(11-21)37-3)17-19-9-26-25(32-19)5-4-8-29-26;1-33-18-19(16-31-33)26-17-30-24-8-7-20(14-25(24)32-26)34(11-4-6-27-28-9-5-10-29-27)21-12-22(35-2)15-23(13-21)36-3;1-15(2)28-8-9-33(25-23(26)21(34-4)11-22(35-5)24(25)27)17-6-7-18-19(10-17)31-20(13-29-18)16-12-30-32(3)14-16/h7-10,12-18H,11H2,1-4H3;4-16,32H,17H2,1-3H3;4-10,12-18H,11H2,1-3H3;6-7,10-15,28H,8-9H2,1-5H3/b;;6-4-;. The van der Waals surface area contributed by atoms with Gasteiger partial charge >= 0.3 is 5.97 Å². The highest BCUT2D eigenvalue weighted by atomic mass is 19.1. The van der Waals surface area contributed by atoms with Crippen molar-refractivity contribution in [1.29, 1.82) is 0 Å². The van der Waals surface area contributed by atoms with Crippen LogP contribution in [-0.4, -0.2) is 211 Å². The first kappa shape index (κ1) is 101. The number of rotatable bonds is 31. The molecule has 8 aromatic carbocycles. The van der Waals surface area contributed by atoms with E-state index in [9.17, 15) is 4.79 Å². The van der Waals surface area contributed by atoms with Crippen LogP contribution in [-0.2, 0) is 39.5 Å². The Labute approximate surface area is 849 Å². The van der Waals surface area contributed by atoms with E-state index in [1.807, 2.05) is 193 Å². The number of esters is 1. The van der Waals surface area contributed by atoms with Gasteiger partial charge in [0, 0.05) is 232 Å². The average Bonchev–Trinajstić information content (AvgIpc) is 1.35. The molecule has 0 saturated heterocycles. The van der Waals surface area contributed by atoms with Crippen LogP contribution >= 0.6 is 0 Å². The molecule has 0 saturated carbocycles. The van der Waals surface area contributed by atoms with E-state index in [-0.39, 0.29) is 47.8 Å². The molecule has 0 atom stereocenters. The molecule has 0 spiro atoms. The number of halogens is 2. The molecule has 39 heteroatoms. The number of anilines is 8. The third-order valence-corrected chi connectivity index (χ3v) is 23.4. The van der Waals surface area contributed by atoms with E-state index in [0.29, 0.717) is 87.9 Å². The number of carbonyl (C=O) groups excluding carboxylic acids is 1. The Morgan fingerprint density at radius 1 is 0.405 bits per heavy atom. The molecule has 0 aliphatic carbocycles. The normalized spacial score (nSPS) is 11.0. The zero-order valence-electron chi connectivity index (χ0n) is 83.6. The van der Waals surface area contributed by atoms with Crippen molar-refractivity contribution in [1.82, 2.24) is 114 Å². The molecular weight excluding hydrogens is 1890 g/mol. The van der Waals surface area contributed by atoms with Gasteiger partial charge in [-0.3, -0.25) is 43.6 Å². The first-order valence-electron chi connectivity index (χ1n) is 46.4. The van der Waals surface area contributed by atoms with E-state index < -0.39 is 17.6 Å². The number of hydrogen-bond donors (Lipinski definition) is 2. The Morgan fingerprint density at radius 2 is 0.811 bits per heavy atom. The van der Waals surface area contributed by atoms with Gasteiger partial charge in [-0.1, -0.05) is 25.8 Å². The number of benzene rings is 8. The summed E-state index contributed by atoms with van der Waals surface area (Å²) in [5.74, 6) is 8.56. The van der Waals surface area contributed by atoms with Crippen LogP contribution in [0.2, 0.25) is 0 Å². The summed E-state index contributed by atoms with van der Waals surface area (Å²) >= 11 is 0. The number of aromatic amines is 1. The number of nitrogens with one attached hydrogen (secondary N) is 2. The minimum absolute atomic E-state index is 0.112. The molecule has 12 aromatic heterocycles. The summed E-state index contributed by atoms with van der Waals surface area (Å²) in [5, 5.41) is 20.2. The second-order valence-electron chi connectivity index (χ2n) is 33.6. The summed E-state index contributed by atoms with van der Waals surface area (Å²) in [6.45, 7) is 6.14. The molecule has 0 unspecified atom stereocenters. The second kappa shape index (κ2) is 46.4. The van der Waals surface area contributed by atoms with Crippen molar-refractivity contribution in [2.24, 2.45) is 28.2 Å². The van der Waals surface area contributed by atoms with Crippen molar-refractivity contribution >= 4 is 113 Å². The number of hydrogen-bond acceptors (Lipinski definition) is 32. The lowest BCUT2D eigenvalue weighted by atomic mass is 10.1. The fourth-order valence-electron chi connectivity index (χ4n) is 16.0. The monoisotopic (exact) mass is 1990 g/mol. The number of nitrogens with zero attached hydrogens (tertiary/aromatic N) is 25. The van der Waals surface area contributed by atoms with Crippen LogP contribution in [0, 0.1) is 23.5 Å². The minimum atomic E-state index is -0.814. The number of fused-ring (bicyclic) bond motifs is 5. The molecule has 0 fully saturated rings. The predicted molar refractivity (Wildman–Crippen MR) is 562 cm³/mol. The van der Waals surface area contributed by atoms with Gasteiger partial charge in [0.15, 0.2) is 34.7 Å². The maximum absolute atomic E-state index is 15.5. The second-order valence-corrected chi connectivity index (χ2v) is 33.6. The Hall–Kier alpha value is -19.0. The van der Waals surface area contributed by atoms with Crippen LogP contribution in [0.15, 0.2) is 269 Å². The van der Waals surface area contributed by atoms with Crippen molar-refractivity contribution in [3.8, 4) is 103 Å². The van der Waals surface area contributed by atoms with Gasteiger partial charge in [0.1, 0.15) is 40.2 Å². The van der Waals surface area contributed by atoms with Crippen molar-refractivity contribution in [2.45, 2.75) is 26.4 Å². The highest BCUT2D eigenvalue weighted by Crippen LogP contribution is 2.43. The number of carbonyl (C=O) groups is 1. The van der Waals surface area contributed by atoms with Gasteiger partial charge in [-0.15, -0.1) is 0 Å². The van der Waals surface area contributed by atoms with Gasteiger partial charge in [-0.2, -0.15) is 20.4 Å². The Balaban J connectivity index is 0.000000135. The zero-order chi connectivity index (χ0) is 103. The van der Waals surface area contributed by atoms with E-state index in [0.717, 1.165) is 118 Å². The van der Waals surface area contributed by atoms with Gasteiger partial charge in [0.2, 0.25) is 5.82 Å². The van der Waals surface area contributed by atoms with Crippen LogP contribution in [0.5, 0.6) is 46.0 Å². The molecule has 748 valence electrons. The summed E-state index contributed by atoms with van der Waals surface area (Å²) in [6.07, 6.45) is 32.2. The molecule has 148 heavy (non-hydrogen) atoms. The summed E-state index contributed by atoms with van der Waals surface area (Å²) in [6, 6.07) is 51.1. The lowest BCUT2D eigenvalue weighted by Crippen LogP contribution is -2.33. The molecule has 0 radical (unpaired) electrons. The number of H-pyrrole nitrogens is 1. The number of methoxy groups -OCH3 is 9. The molecule has 37 nitrogen and oxygen atoms in total. The summed E-state index contributed by atoms with van der Waals surface area (Å²) in [7, 11) is 21.2. The lowest BCUT2D eigenvalue weighted by Gasteiger charge is -2.28. The maximum atomic E-state index is 15.5. The summed E-state index contributed by atoms with van der Waals surface area (Å²) in [4.78, 5) is 82.2. The number of ether oxygens (including phenoxy) is 9. The average molecular weight is 1990 g/mol. The highest BCUT2D eigenvalue weighted by molar-refractivity contribution is 5.89. The van der Waals surface area contributed by atoms with Gasteiger partial charge in [-0.05, 0) is 115 Å². The third-order valence-electron chi connectivity index (χ3n) is 23.4. The zero-order valence-corrected chi connectivity index (χ0v) is 83.6. The third kappa shape index (κ3) is 24.0. The molecule has 0 amide bonds. The minimum Gasteiger partial charge on any atom is -0.497 e. The first-order chi connectivity index (χ1) is 72.0. The van der Waals surface area contributed by atoms with E-state index in [1.54, 1.807) is 165 Å². The van der Waals surface area contributed by atoms with Crippen LogP contribution < -0.4 is 62.8 Å². The van der Waals surface area contributed by atoms with E-state index in [4.69, 9.17) is 62.6 Å². The molecule has 20 rings (SSSR count). The van der Waals surface area contributed by atoms with E-state index >= 15 is 8.78 Å². The predicted octanol–water partition coefficient (Wildman–Crippen LogP) is 18.2. The van der Waals surface area contributed by atoms with E-state index in [1.165, 1.54) is 39.7 Å². The van der Waals surface area contributed by atoms with Crippen molar-refractivity contribution in [3.05, 3.63) is 304 Å². The number of pyridine rings is 1. The smallest absolute Gasteiger partial charge is 0.356 e. The molecule has 2 N–H and O–H groups in total.